The molecule has 24 heavy (non-hydrogen) atoms. The van der Waals surface area contributed by atoms with Gasteiger partial charge in [0.1, 0.15) is 6.61 Å². The van der Waals surface area contributed by atoms with Gasteiger partial charge in [0.05, 0.1) is 0 Å². The minimum Gasteiger partial charge on any atom is -0.387 e. The molecule has 0 fully saturated rings. The number of nitrogens with zero attached hydrogens (tertiary/aromatic N) is 1. The maximum absolute atomic E-state index is 11.3. The third-order valence-corrected chi connectivity index (χ3v) is 3.98. The quantitative estimate of drug-likeness (QED) is 0.730. The molecule has 0 saturated carbocycles. The normalized spacial score (nSPS) is 11.7. The van der Waals surface area contributed by atoms with Crippen molar-refractivity contribution in [3.63, 3.8) is 0 Å². The van der Waals surface area contributed by atoms with Gasteiger partial charge in [-0.1, -0.05) is 18.2 Å². The van der Waals surface area contributed by atoms with Crippen LogP contribution in [0.2, 0.25) is 0 Å². The van der Waals surface area contributed by atoms with Crippen LogP contribution in [0.1, 0.15) is 25.5 Å². The number of hydrogen-bond donors (Lipinski definition) is 3. The molecule has 2 aromatic carbocycles. The molecule has 2 rings (SSSR count). The Morgan fingerprint density at radius 2 is 1.83 bits per heavy atom. The predicted molar refractivity (Wildman–Crippen MR) is 99.6 cm³/mol. The summed E-state index contributed by atoms with van der Waals surface area (Å²) in [4.78, 5) is 13.5. The zero-order chi connectivity index (χ0) is 17.5. The first-order chi connectivity index (χ1) is 11.5. The van der Waals surface area contributed by atoms with Crippen LogP contribution in [0.25, 0.3) is 0 Å². The van der Waals surface area contributed by atoms with Crippen LogP contribution in [-0.2, 0) is 4.79 Å². The van der Waals surface area contributed by atoms with Gasteiger partial charge in [0.25, 0.3) is 0 Å². The number of aliphatic hydroxyl groups excluding tert-OH is 1. The number of carbonyl (C=O) groups excluding carboxylic acids is 1. The third-order valence-electron chi connectivity index (χ3n) is 3.98. The molecule has 3 N–H and O–H groups in total. The van der Waals surface area contributed by atoms with Gasteiger partial charge in [-0.15, -0.1) is 0 Å². The number of rotatable bonds is 7. The first kappa shape index (κ1) is 17.8. The fraction of sp³-hybridized carbons (Fsp3) is 0.316. The zero-order valence-corrected chi connectivity index (χ0v) is 14.4. The molecule has 5 heteroatoms. The minimum absolute atomic E-state index is 0.134. The lowest BCUT2D eigenvalue weighted by Gasteiger charge is -2.20. The van der Waals surface area contributed by atoms with Crippen LogP contribution in [0.4, 0.5) is 17.1 Å². The number of hydrogen-bond acceptors (Lipinski definition) is 4. The molecule has 0 spiro atoms. The molecule has 0 saturated heterocycles. The Morgan fingerprint density at radius 3 is 2.46 bits per heavy atom. The van der Waals surface area contributed by atoms with E-state index in [1.54, 1.807) is 6.07 Å². The largest absolute Gasteiger partial charge is 0.387 e. The van der Waals surface area contributed by atoms with Crippen LogP contribution in [0.3, 0.4) is 0 Å². The van der Waals surface area contributed by atoms with Crippen LogP contribution < -0.4 is 15.5 Å². The van der Waals surface area contributed by atoms with Crippen LogP contribution in [0.15, 0.2) is 48.5 Å². The Labute approximate surface area is 143 Å². The van der Waals surface area contributed by atoms with E-state index in [-0.39, 0.29) is 6.04 Å². The molecule has 0 heterocycles. The van der Waals surface area contributed by atoms with Crippen LogP contribution >= 0.6 is 0 Å². The summed E-state index contributed by atoms with van der Waals surface area (Å²) in [6, 6.07) is 16.1. The van der Waals surface area contributed by atoms with Crippen molar-refractivity contribution in [2.24, 2.45) is 0 Å². The average molecular weight is 327 g/mol. The second-order valence-corrected chi connectivity index (χ2v) is 5.76. The molecule has 0 aliphatic carbocycles. The van der Waals surface area contributed by atoms with Crippen molar-refractivity contribution in [1.29, 1.82) is 0 Å². The summed E-state index contributed by atoms with van der Waals surface area (Å²) < 4.78 is 0. The fourth-order valence-corrected chi connectivity index (χ4v) is 2.42. The number of anilines is 3. The maximum atomic E-state index is 11.3. The second kappa shape index (κ2) is 8.36. The van der Waals surface area contributed by atoms with Gasteiger partial charge in [-0.25, -0.2) is 0 Å². The summed E-state index contributed by atoms with van der Waals surface area (Å²) in [6.45, 7) is 4.67. The summed E-state index contributed by atoms with van der Waals surface area (Å²) in [5.41, 5.74) is 3.95. The molecular formula is C19H25N3O2. The Kier molecular flexibility index (Phi) is 6.21. The van der Waals surface area contributed by atoms with Gasteiger partial charge in [0.2, 0.25) is 5.91 Å². The van der Waals surface area contributed by atoms with Gasteiger partial charge in [0.15, 0.2) is 0 Å². The van der Waals surface area contributed by atoms with Crippen molar-refractivity contribution in [2.45, 2.75) is 19.9 Å². The molecular weight excluding hydrogens is 302 g/mol. The lowest BCUT2D eigenvalue weighted by molar-refractivity contribution is -0.118. The predicted octanol–water partition coefficient (Wildman–Crippen LogP) is 3.25. The first-order valence-corrected chi connectivity index (χ1v) is 8.12. The molecule has 0 aliphatic rings. The molecule has 0 aliphatic heterocycles. The smallest absolute Gasteiger partial charge is 0.250 e. The van der Waals surface area contributed by atoms with E-state index in [0.717, 1.165) is 12.2 Å². The Hall–Kier alpha value is -2.53. The van der Waals surface area contributed by atoms with E-state index < -0.39 is 12.5 Å². The molecule has 0 aromatic heterocycles. The number of benzene rings is 2. The second-order valence-electron chi connectivity index (χ2n) is 5.76. The van der Waals surface area contributed by atoms with Crippen LogP contribution in [-0.4, -0.2) is 31.2 Å². The van der Waals surface area contributed by atoms with Crippen molar-refractivity contribution in [3.8, 4) is 0 Å². The molecule has 1 unspecified atom stereocenters. The highest BCUT2D eigenvalue weighted by molar-refractivity contribution is 5.91. The number of carbonyl (C=O) groups is 1. The highest BCUT2D eigenvalue weighted by Gasteiger charge is 2.07. The van der Waals surface area contributed by atoms with E-state index in [2.05, 4.69) is 60.7 Å². The lowest BCUT2D eigenvalue weighted by atomic mass is 10.1. The monoisotopic (exact) mass is 327 g/mol. The van der Waals surface area contributed by atoms with E-state index >= 15 is 0 Å². The van der Waals surface area contributed by atoms with Crippen molar-refractivity contribution in [3.05, 3.63) is 54.1 Å². The van der Waals surface area contributed by atoms with E-state index in [9.17, 15) is 4.79 Å². The first-order valence-electron chi connectivity index (χ1n) is 8.12. The standard InChI is InChI=1S/C19H25N3O2/c1-4-22(3)18-10-8-15(9-11-18)14(2)20-16-6-5-7-17(12-16)21-19(24)13-23/h5-12,14,20,23H,4,13H2,1-3H3,(H,21,24). The van der Waals surface area contributed by atoms with Crippen LogP contribution in [0.5, 0.6) is 0 Å². The van der Waals surface area contributed by atoms with Crippen molar-refractivity contribution < 1.29 is 9.90 Å². The van der Waals surface area contributed by atoms with Crippen molar-refractivity contribution in [1.82, 2.24) is 0 Å². The maximum Gasteiger partial charge on any atom is 0.250 e. The van der Waals surface area contributed by atoms with E-state index in [1.807, 2.05) is 18.2 Å². The van der Waals surface area contributed by atoms with Gasteiger partial charge in [0, 0.05) is 36.7 Å². The average Bonchev–Trinajstić information content (AvgIpc) is 2.61. The molecule has 5 nitrogen and oxygen atoms in total. The van der Waals surface area contributed by atoms with Gasteiger partial charge in [-0.3, -0.25) is 4.79 Å². The minimum atomic E-state index is -0.521. The van der Waals surface area contributed by atoms with Gasteiger partial charge in [-0.2, -0.15) is 0 Å². The van der Waals surface area contributed by atoms with E-state index in [4.69, 9.17) is 5.11 Å². The molecule has 2 aromatic rings. The third kappa shape index (κ3) is 4.73. The van der Waals surface area contributed by atoms with Crippen molar-refractivity contribution in [2.75, 3.05) is 35.7 Å². The lowest BCUT2D eigenvalue weighted by Crippen LogP contribution is -2.16. The summed E-state index contributed by atoms with van der Waals surface area (Å²) in [6.07, 6.45) is 0. The van der Waals surface area contributed by atoms with Crippen molar-refractivity contribution >= 4 is 23.0 Å². The van der Waals surface area contributed by atoms with Gasteiger partial charge in [-0.05, 0) is 49.7 Å². The summed E-state index contributed by atoms with van der Waals surface area (Å²) >= 11 is 0. The zero-order valence-electron chi connectivity index (χ0n) is 14.4. The van der Waals surface area contributed by atoms with Gasteiger partial charge < -0.3 is 20.6 Å². The molecule has 1 amide bonds. The highest BCUT2D eigenvalue weighted by Crippen LogP contribution is 2.23. The van der Waals surface area contributed by atoms with Crippen LogP contribution in [0, 0.1) is 0 Å². The van der Waals surface area contributed by atoms with E-state index in [0.29, 0.717) is 5.69 Å². The number of amides is 1. The SMILES string of the molecule is CCN(C)c1ccc(C(C)Nc2cccc(NC(=O)CO)c2)cc1. The number of nitrogens with one attached hydrogen (secondary N) is 2. The fourth-order valence-electron chi connectivity index (χ4n) is 2.42. The highest BCUT2D eigenvalue weighted by atomic mass is 16.3. The summed E-state index contributed by atoms with van der Waals surface area (Å²) in [7, 11) is 2.07. The Bertz CT molecular complexity index is 671. The van der Waals surface area contributed by atoms with E-state index in [1.165, 1.54) is 11.3 Å². The molecule has 1 atom stereocenters. The molecule has 0 bridgehead atoms. The Balaban J connectivity index is 2.05. The topological polar surface area (TPSA) is 64.6 Å². The molecule has 0 radical (unpaired) electrons. The summed E-state index contributed by atoms with van der Waals surface area (Å²) in [5.74, 6) is -0.421. The van der Waals surface area contributed by atoms with Gasteiger partial charge >= 0.3 is 0 Å². The number of aliphatic hydroxyl groups is 1. The molecule has 128 valence electrons. The Morgan fingerprint density at radius 1 is 1.17 bits per heavy atom. The summed E-state index contributed by atoms with van der Waals surface area (Å²) in [5, 5.41) is 14.9.